The standard InChI is InChI=1S/C14H14N2O2/c1-8(2)14(17)18-12-7-6-10(15)9-4-3-5-11(16)13(9)12/h3-7H,1,15-16H2,2H3. The molecule has 0 aliphatic carbocycles. The van der Waals surface area contributed by atoms with E-state index in [4.69, 9.17) is 16.2 Å². The molecule has 2 aromatic rings. The Morgan fingerprint density at radius 3 is 2.56 bits per heavy atom. The van der Waals surface area contributed by atoms with E-state index in [1.807, 2.05) is 6.07 Å². The van der Waals surface area contributed by atoms with Gasteiger partial charge in [-0.2, -0.15) is 0 Å². The number of nitrogens with two attached hydrogens (primary N) is 2. The van der Waals surface area contributed by atoms with E-state index >= 15 is 0 Å². The van der Waals surface area contributed by atoms with E-state index in [1.165, 1.54) is 0 Å². The first-order valence-electron chi connectivity index (χ1n) is 5.45. The van der Waals surface area contributed by atoms with E-state index in [-0.39, 0.29) is 0 Å². The number of nitrogen functional groups attached to an aromatic ring is 2. The highest BCUT2D eigenvalue weighted by atomic mass is 16.5. The highest BCUT2D eigenvalue weighted by Crippen LogP contribution is 2.34. The minimum Gasteiger partial charge on any atom is -0.422 e. The lowest BCUT2D eigenvalue weighted by molar-refractivity contribution is -0.129. The lowest BCUT2D eigenvalue weighted by atomic mass is 10.1. The van der Waals surface area contributed by atoms with Crippen molar-refractivity contribution in [3.63, 3.8) is 0 Å². The van der Waals surface area contributed by atoms with Crippen LogP contribution in [0.4, 0.5) is 11.4 Å². The van der Waals surface area contributed by atoms with Crippen LogP contribution in [0.2, 0.25) is 0 Å². The molecule has 4 heteroatoms. The molecule has 18 heavy (non-hydrogen) atoms. The molecule has 0 heterocycles. The molecular formula is C14H14N2O2. The van der Waals surface area contributed by atoms with Gasteiger partial charge in [0.05, 0.1) is 0 Å². The predicted octanol–water partition coefficient (Wildman–Crippen LogP) is 2.49. The quantitative estimate of drug-likeness (QED) is 0.367. The van der Waals surface area contributed by atoms with Gasteiger partial charge in [-0.25, -0.2) is 4.79 Å². The van der Waals surface area contributed by atoms with Crippen molar-refractivity contribution in [1.29, 1.82) is 0 Å². The maximum atomic E-state index is 11.6. The van der Waals surface area contributed by atoms with Gasteiger partial charge in [-0.3, -0.25) is 0 Å². The minimum absolute atomic E-state index is 0.328. The monoisotopic (exact) mass is 242 g/mol. The number of benzene rings is 2. The number of esters is 1. The third kappa shape index (κ3) is 2.00. The van der Waals surface area contributed by atoms with Crippen LogP contribution in [0.1, 0.15) is 6.92 Å². The van der Waals surface area contributed by atoms with E-state index in [0.29, 0.717) is 28.1 Å². The molecule has 2 aromatic carbocycles. The van der Waals surface area contributed by atoms with Crippen molar-refractivity contribution < 1.29 is 9.53 Å². The summed E-state index contributed by atoms with van der Waals surface area (Å²) < 4.78 is 5.25. The average molecular weight is 242 g/mol. The van der Waals surface area contributed by atoms with Gasteiger partial charge in [0.15, 0.2) is 0 Å². The maximum absolute atomic E-state index is 11.6. The number of rotatable bonds is 2. The Labute approximate surface area is 105 Å². The molecular weight excluding hydrogens is 228 g/mol. The van der Waals surface area contributed by atoms with Gasteiger partial charge < -0.3 is 16.2 Å². The summed E-state index contributed by atoms with van der Waals surface area (Å²) in [5.74, 6) is -0.0883. The van der Waals surface area contributed by atoms with Gasteiger partial charge in [0, 0.05) is 27.7 Å². The first-order valence-corrected chi connectivity index (χ1v) is 5.45. The first-order chi connectivity index (χ1) is 8.50. The third-order valence-electron chi connectivity index (χ3n) is 2.62. The molecule has 4 N–H and O–H groups in total. The number of hydrogen-bond donors (Lipinski definition) is 2. The van der Waals surface area contributed by atoms with Crippen LogP contribution in [0.25, 0.3) is 10.8 Å². The van der Waals surface area contributed by atoms with Crippen LogP contribution in [-0.4, -0.2) is 5.97 Å². The molecule has 0 saturated carbocycles. The van der Waals surface area contributed by atoms with Gasteiger partial charge in [0.1, 0.15) is 5.75 Å². The number of fused-ring (bicyclic) bond motifs is 1. The molecule has 0 bridgehead atoms. The summed E-state index contributed by atoms with van der Waals surface area (Å²) >= 11 is 0. The molecule has 0 radical (unpaired) electrons. The van der Waals surface area contributed by atoms with E-state index < -0.39 is 5.97 Å². The maximum Gasteiger partial charge on any atom is 0.338 e. The lowest BCUT2D eigenvalue weighted by Gasteiger charge is -2.11. The van der Waals surface area contributed by atoms with Gasteiger partial charge in [-0.05, 0) is 25.1 Å². The SMILES string of the molecule is C=C(C)C(=O)Oc1ccc(N)c2cccc(N)c12. The Morgan fingerprint density at radius 2 is 1.89 bits per heavy atom. The van der Waals surface area contributed by atoms with Gasteiger partial charge in [0.25, 0.3) is 0 Å². The van der Waals surface area contributed by atoms with Crippen LogP contribution in [0.15, 0.2) is 42.5 Å². The molecule has 2 rings (SSSR count). The zero-order valence-corrected chi connectivity index (χ0v) is 10.1. The minimum atomic E-state index is -0.482. The Hall–Kier alpha value is -2.49. The highest BCUT2D eigenvalue weighted by Gasteiger charge is 2.12. The van der Waals surface area contributed by atoms with E-state index in [0.717, 1.165) is 5.39 Å². The van der Waals surface area contributed by atoms with Crippen molar-refractivity contribution in [2.24, 2.45) is 0 Å². The topological polar surface area (TPSA) is 78.3 Å². The van der Waals surface area contributed by atoms with Crippen LogP contribution in [0, 0.1) is 0 Å². The summed E-state index contributed by atoms with van der Waals surface area (Å²) in [7, 11) is 0. The van der Waals surface area contributed by atoms with E-state index in [2.05, 4.69) is 6.58 Å². The Bertz CT molecular complexity index is 648. The van der Waals surface area contributed by atoms with Gasteiger partial charge in [-0.1, -0.05) is 18.7 Å². The number of hydrogen-bond acceptors (Lipinski definition) is 4. The molecule has 0 unspecified atom stereocenters. The summed E-state index contributed by atoms with van der Waals surface area (Å²) in [4.78, 5) is 11.6. The normalized spacial score (nSPS) is 10.3. The second kappa shape index (κ2) is 4.41. The van der Waals surface area contributed by atoms with Crippen molar-refractivity contribution in [1.82, 2.24) is 0 Å². The van der Waals surface area contributed by atoms with Crippen molar-refractivity contribution in [3.8, 4) is 5.75 Å². The van der Waals surface area contributed by atoms with Crippen molar-refractivity contribution in [2.75, 3.05) is 11.5 Å². The zero-order valence-electron chi connectivity index (χ0n) is 10.1. The van der Waals surface area contributed by atoms with Crippen LogP contribution in [-0.2, 0) is 4.79 Å². The summed E-state index contributed by atoms with van der Waals surface area (Å²) in [6, 6.07) is 8.69. The van der Waals surface area contributed by atoms with Crippen molar-refractivity contribution in [2.45, 2.75) is 6.92 Å². The predicted molar refractivity (Wildman–Crippen MR) is 73.2 cm³/mol. The molecule has 0 spiro atoms. The van der Waals surface area contributed by atoms with Crippen molar-refractivity contribution in [3.05, 3.63) is 42.5 Å². The Morgan fingerprint density at radius 1 is 1.17 bits per heavy atom. The average Bonchev–Trinajstić information content (AvgIpc) is 2.33. The molecule has 0 saturated heterocycles. The van der Waals surface area contributed by atoms with Gasteiger partial charge in [0.2, 0.25) is 0 Å². The fraction of sp³-hybridized carbons (Fsp3) is 0.0714. The summed E-state index contributed by atoms with van der Waals surface area (Å²) in [6.45, 7) is 5.13. The summed E-state index contributed by atoms with van der Waals surface area (Å²) in [5.41, 5.74) is 13.2. The number of anilines is 2. The fourth-order valence-electron chi connectivity index (χ4n) is 1.70. The van der Waals surface area contributed by atoms with Crippen molar-refractivity contribution >= 4 is 28.1 Å². The molecule has 0 aromatic heterocycles. The largest absolute Gasteiger partial charge is 0.422 e. The summed E-state index contributed by atoms with van der Waals surface area (Å²) in [5, 5.41) is 1.41. The number of carbonyl (C=O) groups excluding carboxylic acids is 1. The molecule has 0 aliphatic rings. The first kappa shape index (κ1) is 12.0. The van der Waals surface area contributed by atoms with Gasteiger partial charge >= 0.3 is 5.97 Å². The van der Waals surface area contributed by atoms with E-state index in [9.17, 15) is 4.79 Å². The van der Waals surface area contributed by atoms with Crippen LogP contribution >= 0.6 is 0 Å². The third-order valence-corrected chi connectivity index (χ3v) is 2.62. The molecule has 4 nitrogen and oxygen atoms in total. The van der Waals surface area contributed by atoms with Gasteiger partial charge in [-0.15, -0.1) is 0 Å². The van der Waals surface area contributed by atoms with Crippen LogP contribution < -0.4 is 16.2 Å². The molecule has 0 fully saturated rings. The second-order valence-corrected chi connectivity index (χ2v) is 4.09. The summed E-state index contributed by atoms with van der Waals surface area (Å²) in [6.07, 6.45) is 0. The number of carbonyl (C=O) groups is 1. The second-order valence-electron chi connectivity index (χ2n) is 4.09. The highest BCUT2D eigenvalue weighted by molar-refractivity contribution is 6.05. The zero-order chi connectivity index (χ0) is 13.3. The van der Waals surface area contributed by atoms with E-state index in [1.54, 1.807) is 31.2 Å². The van der Waals surface area contributed by atoms with Crippen LogP contribution in [0.3, 0.4) is 0 Å². The lowest BCUT2D eigenvalue weighted by Crippen LogP contribution is -2.09. The molecule has 92 valence electrons. The fourth-order valence-corrected chi connectivity index (χ4v) is 1.70. The van der Waals surface area contributed by atoms with Crippen LogP contribution in [0.5, 0.6) is 5.75 Å². The smallest absolute Gasteiger partial charge is 0.338 e. The Balaban J connectivity index is 2.62. The number of ether oxygens (including phenoxy) is 1. The molecule has 0 atom stereocenters. The molecule has 0 amide bonds. The Kier molecular flexibility index (Phi) is 2.93. The molecule has 0 aliphatic heterocycles.